The Labute approximate surface area is 81.5 Å². The van der Waals surface area contributed by atoms with Crippen LogP contribution in [-0.4, -0.2) is 38.0 Å². The molecule has 0 aliphatic heterocycles. The SMILES string of the molecule is COCCC(C)(C)CNC[C@H](C)O. The molecule has 0 aromatic heterocycles. The van der Waals surface area contributed by atoms with Gasteiger partial charge in [0, 0.05) is 26.8 Å². The van der Waals surface area contributed by atoms with Crippen molar-refractivity contribution in [2.45, 2.75) is 33.3 Å². The first-order valence-corrected chi connectivity index (χ1v) is 4.85. The molecular formula is C10H23NO2. The highest BCUT2D eigenvalue weighted by atomic mass is 16.5. The monoisotopic (exact) mass is 189 g/mol. The maximum absolute atomic E-state index is 9.04. The molecule has 0 aliphatic rings. The predicted octanol–water partition coefficient (Wildman–Crippen LogP) is 1.02. The van der Waals surface area contributed by atoms with Crippen LogP contribution in [0.1, 0.15) is 27.2 Å². The highest BCUT2D eigenvalue weighted by Gasteiger charge is 2.16. The van der Waals surface area contributed by atoms with Gasteiger partial charge in [0.15, 0.2) is 0 Å². The highest BCUT2D eigenvalue weighted by molar-refractivity contribution is 4.71. The molecule has 1 atom stereocenters. The van der Waals surface area contributed by atoms with Crippen LogP contribution in [0.25, 0.3) is 0 Å². The van der Waals surface area contributed by atoms with Crippen LogP contribution >= 0.6 is 0 Å². The van der Waals surface area contributed by atoms with Gasteiger partial charge in [-0.05, 0) is 18.8 Å². The third kappa shape index (κ3) is 8.22. The molecule has 0 spiro atoms. The van der Waals surface area contributed by atoms with Gasteiger partial charge in [-0.25, -0.2) is 0 Å². The molecule has 0 saturated heterocycles. The lowest BCUT2D eigenvalue weighted by Crippen LogP contribution is -2.34. The van der Waals surface area contributed by atoms with Crippen molar-refractivity contribution in [3.8, 4) is 0 Å². The van der Waals surface area contributed by atoms with Crippen LogP contribution in [-0.2, 0) is 4.74 Å². The summed E-state index contributed by atoms with van der Waals surface area (Å²) in [7, 11) is 1.72. The van der Waals surface area contributed by atoms with Crippen molar-refractivity contribution in [2.75, 3.05) is 26.8 Å². The van der Waals surface area contributed by atoms with E-state index < -0.39 is 0 Å². The topological polar surface area (TPSA) is 41.5 Å². The van der Waals surface area contributed by atoms with Gasteiger partial charge >= 0.3 is 0 Å². The normalized spacial score (nSPS) is 14.5. The summed E-state index contributed by atoms with van der Waals surface area (Å²) in [5.41, 5.74) is 0.241. The van der Waals surface area contributed by atoms with Gasteiger partial charge in [0.2, 0.25) is 0 Å². The van der Waals surface area contributed by atoms with Gasteiger partial charge in [0.1, 0.15) is 0 Å². The summed E-state index contributed by atoms with van der Waals surface area (Å²) in [5, 5.41) is 12.3. The Balaban J connectivity index is 3.50. The second kappa shape index (κ2) is 6.35. The van der Waals surface area contributed by atoms with Gasteiger partial charge in [-0.1, -0.05) is 13.8 Å². The van der Waals surface area contributed by atoms with Crippen molar-refractivity contribution in [2.24, 2.45) is 5.41 Å². The molecule has 80 valence electrons. The van der Waals surface area contributed by atoms with Crippen molar-refractivity contribution in [3.05, 3.63) is 0 Å². The van der Waals surface area contributed by atoms with Crippen LogP contribution in [0.3, 0.4) is 0 Å². The molecule has 0 radical (unpaired) electrons. The third-order valence-corrected chi connectivity index (χ3v) is 2.03. The molecule has 0 heterocycles. The Bertz CT molecular complexity index is 124. The van der Waals surface area contributed by atoms with Crippen molar-refractivity contribution < 1.29 is 9.84 Å². The summed E-state index contributed by atoms with van der Waals surface area (Å²) in [6, 6.07) is 0. The molecular weight excluding hydrogens is 166 g/mol. The van der Waals surface area contributed by atoms with E-state index in [4.69, 9.17) is 9.84 Å². The Morgan fingerprint density at radius 3 is 2.54 bits per heavy atom. The minimum Gasteiger partial charge on any atom is -0.392 e. The smallest absolute Gasteiger partial charge is 0.0636 e. The molecule has 0 amide bonds. The fraction of sp³-hybridized carbons (Fsp3) is 1.00. The van der Waals surface area contributed by atoms with Crippen LogP contribution in [0, 0.1) is 5.41 Å². The van der Waals surface area contributed by atoms with E-state index in [9.17, 15) is 0 Å². The van der Waals surface area contributed by atoms with Gasteiger partial charge in [-0.3, -0.25) is 0 Å². The second-order valence-electron chi connectivity index (χ2n) is 4.39. The van der Waals surface area contributed by atoms with Gasteiger partial charge < -0.3 is 15.2 Å². The number of methoxy groups -OCH3 is 1. The number of aliphatic hydroxyl groups excluding tert-OH is 1. The average Bonchev–Trinajstić information content (AvgIpc) is 2.00. The third-order valence-electron chi connectivity index (χ3n) is 2.03. The molecule has 0 saturated carbocycles. The first-order valence-electron chi connectivity index (χ1n) is 4.85. The lowest BCUT2D eigenvalue weighted by atomic mass is 9.90. The zero-order chi connectivity index (χ0) is 10.3. The maximum atomic E-state index is 9.04. The van der Waals surface area contributed by atoms with E-state index in [1.54, 1.807) is 14.0 Å². The summed E-state index contributed by atoms with van der Waals surface area (Å²) in [6.07, 6.45) is 0.772. The van der Waals surface area contributed by atoms with Gasteiger partial charge in [0.05, 0.1) is 6.10 Å². The molecule has 13 heavy (non-hydrogen) atoms. The van der Waals surface area contributed by atoms with E-state index in [0.717, 1.165) is 19.6 Å². The predicted molar refractivity (Wildman–Crippen MR) is 54.8 cm³/mol. The van der Waals surface area contributed by atoms with Gasteiger partial charge in [-0.15, -0.1) is 0 Å². The minimum atomic E-state index is -0.266. The molecule has 0 aliphatic carbocycles. The number of hydrogen-bond acceptors (Lipinski definition) is 3. The molecule has 0 unspecified atom stereocenters. The molecule has 0 bridgehead atoms. The fourth-order valence-corrected chi connectivity index (χ4v) is 1.09. The zero-order valence-electron chi connectivity index (χ0n) is 9.26. The summed E-state index contributed by atoms with van der Waals surface area (Å²) in [5.74, 6) is 0. The standard InChI is InChI=1S/C10H23NO2/c1-9(12)7-11-8-10(2,3)5-6-13-4/h9,11-12H,5-8H2,1-4H3/t9-/m0/s1. The lowest BCUT2D eigenvalue weighted by molar-refractivity contribution is 0.144. The lowest BCUT2D eigenvalue weighted by Gasteiger charge is -2.25. The fourth-order valence-electron chi connectivity index (χ4n) is 1.09. The summed E-state index contributed by atoms with van der Waals surface area (Å²) in [6.45, 7) is 8.55. The average molecular weight is 189 g/mol. The van der Waals surface area contributed by atoms with E-state index in [1.165, 1.54) is 0 Å². The summed E-state index contributed by atoms with van der Waals surface area (Å²) < 4.78 is 5.03. The highest BCUT2D eigenvalue weighted by Crippen LogP contribution is 2.18. The summed E-state index contributed by atoms with van der Waals surface area (Å²) >= 11 is 0. The van der Waals surface area contributed by atoms with E-state index in [1.807, 2.05) is 0 Å². The van der Waals surface area contributed by atoms with Crippen molar-refractivity contribution in [3.63, 3.8) is 0 Å². The maximum Gasteiger partial charge on any atom is 0.0636 e. The molecule has 2 N–H and O–H groups in total. The van der Waals surface area contributed by atoms with Crippen LogP contribution < -0.4 is 5.32 Å². The molecule has 3 nitrogen and oxygen atoms in total. The largest absolute Gasteiger partial charge is 0.392 e. The van der Waals surface area contributed by atoms with E-state index in [0.29, 0.717) is 6.54 Å². The van der Waals surface area contributed by atoms with E-state index in [2.05, 4.69) is 19.2 Å². The minimum absolute atomic E-state index is 0.241. The molecule has 0 fully saturated rings. The molecule has 0 aromatic rings. The first kappa shape index (κ1) is 12.9. The second-order valence-corrected chi connectivity index (χ2v) is 4.39. The van der Waals surface area contributed by atoms with Crippen molar-refractivity contribution in [1.29, 1.82) is 0 Å². The number of hydrogen-bond donors (Lipinski definition) is 2. The van der Waals surface area contributed by atoms with E-state index in [-0.39, 0.29) is 11.5 Å². The van der Waals surface area contributed by atoms with Crippen LogP contribution in [0.15, 0.2) is 0 Å². The van der Waals surface area contributed by atoms with Gasteiger partial charge in [0.25, 0.3) is 0 Å². The summed E-state index contributed by atoms with van der Waals surface area (Å²) in [4.78, 5) is 0. The number of aliphatic hydroxyl groups is 1. The molecule has 0 rings (SSSR count). The molecule has 3 heteroatoms. The Morgan fingerprint density at radius 1 is 1.46 bits per heavy atom. The number of rotatable bonds is 7. The quantitative estimate of drug-likeness (QED) is 0.628. The Hall–Kier alpha value is -0.120. The Kier molecular flexibility index (Phi) is 6.29. The number of ether oxygens (including phenoxy) is 1. The van der Waals surface area contributed by atoms with Crippen LogP contribution in [0.4, 0.5) is 0 Å². The van der Waals surface area contributed by atoms with Crippen molar-refractivity contribution >= 4 is 0 Å². The zero-order valence-corrected chi connectivity index (χ0v) is 9.26. The first-order chi connectivity index (χ1) is 5.98. The van der Waals surface area contributed by atoms with Gasteiger partial charge in [-0.2, -0.15) is 0 Å². The van der Waals surface area contributed by atoms with Crippen molar-refractivity contribution in [1.82, 2.24) is 5.32 Å². The van der Waals surface area contributed by atoms with E-state index >= 15 is 0 Å². The van der Waals surface area contributed by atoms with Crippen LogP contribution in [0.2, 0.25) is 0 Å². The Morgan fingerprint density at radius 2 is 2.08 bits per heavy atom. The van der Waals surface area contributed by atoms with Crippen LogP contribution in [0.5, 0.6) is 0 Å². The number of nitrogens with one attached hydrogen (secondary N) is 1. The molecule has 0 aromatic carbocycles.